The lowest BCUT2D eigenvalue weighted by molar-refractivity contribution is 1.15. The molecule has 2 heterocycles. The van der Waals surface area contributed by atoms with Crippen molar-refractivity contribution in [2.75, 3.05) is 0 Å². The summed E-state index contributed by atoms with van der Waals surface area (Å²) < 4.78 is 4.92. The third-order valence-corrected chi connectivity index (χ3v) is 7.71. The molecule has 0 amide bonds. The van der Waals surface area contributed by atoms with Crippen LogP contribution in [0.25, 0.3) is 66.1 Å². The zero-order chi connectivity index (χ0) is 25.1. The normalized spacial score (nSPS) is 11.7. The Bertz CT molecular complexity index is 2110. The molecular weight excluding hydrogens is 460 g/mol. The second-order valence-electron chi connectivity index (χ2n) is 9.78. The van der Waals surface area contributed by atoms with Crippen LogP contribution in [-0.2, 0) is 0 Å². The fourth-order valence-electron chi connectivity index (χ4n) is 6.13. The van der Waals surface area contributed by atoms with Gasteiger partial charge in [-0.15, -0.1) is 0 Å². The van der Waals surface area contributed by atoms with Crippen LogP contribution in [0.15, 0.2) is 146 Å². The second-order valence-corrected chi connectivity index (χ2v) is 9.78. The minimum atomic E-state index is 1.17. The van der Waals surface area contributed by atoms with Gasteiger partial charge in [-0.3, -0.25) is 0 Å². The van der Waals surface area contributed by atoms with Gasteiger partial charge in [0.05, 0.1) is 27.8 Å². The molecule has 2 heteroatoms. The number of rotatable bonds is 3. The van der Waals surface area contributed by atoms with E-state index in [9.17, 15) is 0 Å². The van der Waals surface area contributed by atoms with Gasteiger partial charge >= 0.3 is 0 Å². The Morgan fingerprint density at radius 3 is 1.53 bits per heavy atom. The third-order valence-electron chi connectivity index (χ3n) is 7.71. The molecule has 38 heavy (non-hydrogen) atoms. The van der Waals surface area contributed by atoms with E-state index in [0.717, 1.165) is 0 Å². The number of hydrogen-bond acceptors (Lipinski definition) is 0. The Labute approximate surface area is 220 Å². The molecule has 2 nitrogen and oxygen atoms in total. The fraction of sp³-hybridized carbons (Fsp3) is 0. The van der Waals surface area contributed by atoms with Crippen molar-refractivity contribution in [2.24, 2.45) is 0 Å². The van der Waals surface area contributed by atoms with Gasteiger partial charge in [0.2, 0.25) is 0 Å². The van der Waals surface area contributed by atoms with E-state index in [1.54, 1.807) is 0 Å². The molecule has 8 rings (SSSR count). The van der Waals surface area contributed by atoms with Crippen LogP contribution in [0, 0.1) is 0 Å². The Balaban J connectivity index is 1.63. The van der Waals surface area contributed by atoms with Crippen LogP contribution in [0.2, 0.25) is 0 Å². The predicted octanol–water partition coefficient (Wildman–Crippen LogP) is 9.55. The highest BCUT2D eigenvalue weighted by Gasteiger charge is 2.21. The Hall–Kier alpha value is -5.08. The van der Waals surface area contributed by atoms with E-state index < -0.39 is 0 Å². The topological polar surface area (TPSA) is 9.86 Å². The first-order valence-corrected chi connectivity index (χ1v) is 13.1. The molecule has 0 saturated heterocycles. The summed E-state index contributed by atoms with van der Waals surface area (Å²) in [4.78, 5) is 0. The molecular formula is C36H24N2. The second kappa shape index (κ2) is 8.22. The van der Waals surface area contributed by atoms with Crippen molar-refractivity contribution < 1.29 is 0 Å². The highest BCUT2D eigenvalue weighted by atomic mass is 15.0. The van der Waals surface area contributed by atoms with Crippen molar-refractivity contribution in [3.05, 3.63) is 146 Å². The molecule has 0 spiro atoms. The summed E-state index contributed by atoms with van der Waals surface area (Å²) in [6, 6.07) is 52.4. The maximum atomic E-state index is 2.48. The molecule has 0 aliphatic carbocycles. The molecule has 0 fully saturated rings. The van der Waals surface area contributed by atoms with Crippen LogP contribution < -0.4 is 0 Å². The quantitative estimate of drug-likeness (QED) is 0.236. The molecule has 0 saturated carbocycles. The molecule has 0 unspecified atom stereocenters. The summed E-state index contributed by atoms with van der Waals surface area (Å²) in [5, 5.41) is 5.05. The van der Waals surface area contributed by atoms with Crippen LogP contribution in [0.1, 0.15) is 0 Å². The van der Waals surface area contributed by atoms with Gasteiger partial charge in [0.25, 0.3) is 0 Å². The Morgan fingerprint density at radius 2 is 0.842 bits per heavy atom. The van der Waals surface area contributed by atoms with Crippen molar-refractivity contribution in [2.45, 2.75) is 0 Å². The van der Waals surface area contributed by atoms with Crippen molar-refractivity contribution >= 4 is 43.6 Å². The fourth-order valence-corrected chi connectivity index (χ4v) is 6.13. The zero-order valence-corrected chi connectivity index (χ0v) is 20.8. The van der Waals surface area contributed by atoms with E-state index >= 15 is 0 Å². The van der Waals surface area contributed by atoms with Crippen LogP contribution in [0.3, 0.4) is 0 Å². The van der Waals surface area contributed by atoms with E-state index in [-0.39, 0.29) is 0 Å². The van der Waals surface area contributed by atoms with E-state index in [1.807, 2.05) is 0 Å². The van der Waals surface area contributed by atoms with Crippen LogP contribution in [0.5, 0.6) is 0 Å². The number of benzene rings is 6. The lowest BCUT2D eigenvalue weighted by Crippen LogP contribution is -2.00. The van der Waals surface area contributed by atoms with Gasteiger partial charge in [-0.2, -0.15) is 0 Å². The summed E-state index contributed by atoms with van der Waals surface area (Å²) in [6.07, 6.45) is 0. The average Bonchev–Trinajstić information content (AvgIpc) is 3.51. The van der Waals surface area contributed by atoms with Crippen LogP contribution >= 0.6 is 0 Å². The minimum Gasteiger partial charge on any atom is -0.307 e. The lowest BCUT2D eigenvalue weighted by atomic mass is 10.0. The summed E-state index contributed by atoms with van der Waals surface area (Å²) in [6.45, 7) is 0. The number of para-hydroxylation sites is 4. The molecule has 178 valence electrons. The first-order chi connectivity index (χ1) is 18.9. The van der Waals surface area contributed by atoms with Gasteiger partial charge in [0, 0.05) is 32.8 Å². The SMILES string of the molecule is c1ccc(-c2ccccc2-n2c3ccccc3c3ccc4c5ccccc5n(-c5ccccc5)c4c32)cc1. The maximum Gasteiger partial charge on any atom is 0.0789 e. The van der Waals surface area contributed by atoms with Gasteiger partial charge in [-0.1, -0.05) is 115 Å². The zero-order valence-electron chi connectivity index (χ0n) is 20.8. The highest BCUT2D eigenvalue weighted by molar-refractivity contribution is 6.24. The minimum absolute atomic E-state index is 1.17. The van der Waals surface area contributed by atoms with E-state index in [2.05, 4.69) is 155 Å². The van der Waals surface area contributed by atoms with E-state index in [1.165, 1.54) is 66.1 Å². The van der Waals surface area contributed by atoms with Gasteiger partial charge in [0.15, 0.2) is 0 Å². The molecule has 8 aromatic rings. The molecule has 0 radical (unpaired) electrons. The van der Waals surface area contributed by atoms with Crippen LogP contribution in [0.4, 0.5) is 0 Å². The first kappa shape index (κ1) is 21.0. The number of hydrogen-bond donors (Lipinski definition) is 0. The molecule has 0 atom stereocenters. The Kier molecular flexibility index (Phi) is 4.55. The smallest absolute Gasteiger partial charge is 0.0789 e. The molecule has 2 aromatic heterocycles. The first-order valence-electron chi connectivity index (χ1n) is 13.1. The van der Waals surface area contributed by atoms with E-state index in [4.69, 9.17) is 0 Å². The average molecular weight is 485 g/mol. The monoisotopic (exact) mass is 484 g/mol. The van der Waals surface area contributed by atoms with Crippen molar-refractivity contribution in [1.29, 1.82) is 0 Å². The molecule has 0 bridgehead atoms. The van der Waals surface area contributed by atoms with Crippen LogP contribution in [-0.4, -0.2) is 9.13 Å². The summed E-state index contributed by atoms with van der Waals surface area (Å²) in [7, 11) is 0. The maximum absolute atomic E-state index is 2.48. The van der Waals surface area contributed by atoms with Gasteiger partial charge < -0.3 is 9.13 Å². The molecule has 0 aliphatic rings. The lowest BCUT2D eigenvalue weighted by Gasteiger charge is -2.16. The standard InChI is InChI=1S/C36H24N2/c1-3-13-25(14-4-1)27-17-7-10-20-32(27)38-34-22-12-9-19-29(34)31-24-23-30-28-18-8-11-21-33(28)37(35(30)36(31)38)26-15-5-2-6-16-26/h1-24H. The molecule has 6 aromatic carbocycles. The number of fused-ring (bicyclic) bond motifs is 7. The molecule has 0 aliphatic heterocycles. The predicted molar refractivity (Wildman–Crippen MR) is 161 cm³/mol. The summed E-state index contributed by atoms with van der Waals surface area (Å²) in [5.74, 6) is 0. The van der Waals surface area contributed by atoms with Crippen molar-refractivity contribution in [3.63, 3.8) is 0 Å². The summed E-state index contributed by atoms with van der Waals surface area (Å²) >= 11 is 0. The van der Waals surface area contributed by atoms with Crippen molar-refractivity contribution in [3.8, 4) is 22.5 Å². The van der Waals surface area contributed by atoms with Crippen molar-refractivity contribution in [1.82, 2.24) is 9.13 Å². The largest absolute Gasteiger partial charge is 0.307 e. The van der Waals surface area contributed by atoms with Gasteiger partial charge in [0.1, 0.15) is 0 Å². The molecule has 0 N–H and O–H groups in total. The van der Waals surface area contributed by atoms with E-state index in [0.29, 0.717) is 0 Å². The van der Waals surface area contributed by atoms with Gasteiger partial charge in [-0.25, -0.2) is 0 Å². The Morgan fingerprint density at radius 1 is 0.342 bits per heavy atom. The number of nitrogens with zero attached hydrogens (tertiary/aromatic N) is 2. The number of aromatic nitrogens is 2. The highest BCUT2D eigenvalue weighted by Crippen LogP contribution is 2.42. The summed E-state index contributed by atoms with van der Waals surface area (Å²) in [5.41, 5.74) is 9.67. The third kappa shape index (κ3) is 2.95. The van der Waals surface area contributed by atoms with Gasteiger partial charge in [-0.05, 0) is 35.9 Å².